The summed E-state index contributed by atoms with van der Waals surface area (Å²) in [6.45, 7) is 5.69. The lowest BCUT2D eigenvalue weighted by Gasteiger charge is -2.31. The Morgan fingerprint density at radius 3 is 2.52 bits per heavy atom. The molecule has 2 aromatic heterocycles. The number of pyridine rings is 2. The van der Waals surface area contributed by atoms with Crippen molar-refractivity contribution in [2.75, 3.05) is 30.9 Å². The van der Waals surface area contributed by atoms with Gasteiger partial charge in [-0.2, -0.15) is 4.39 Å². The fraction of sp³-hybridized carbons (Fsp3) is 0.600. The maximum atomic E-state index is 14.6. The van der Waals surface area contributed by atoms with Crippen molar-refractivity contribution in [3.63, 3.8) is 0 Å². The minimum Gasteiger partial charge on any atom is -0.383 e. The van der Waals surface area contributed by atoms with Crippen molar-refractivity contribution in [3.05, 3.63) is 36.3 Å². The lowest BCUT2D eigenvalue weighted by Crippen LogP contribution is -2.42. The largest absolute Gasteiger partial charge is 0.383 e. The Morgan fingerprint density at radius 2 is 1.82 bits per heavy atom. The molecule has 0 aliphatic heterocycles. The summed E-state index contributed by atoms with van der Waals surface area (Å²) in [5.74, 6) is -0.394. The lowest BCUT2D eigenvalue weighted by molar-refractivity contribution is 0.161. The van der Waals surface area contributed by atoms with Gasteiger partial charge in [-0.05, 0) is 63.0 Å². The Balaban J connectivity index is 1.39. The summed E-state index contributed by atoms with van der Waals surface area (Å²) < 4.78 is 34.1. The van der Waals surface area contributed by atoms with Crippen LogP contribution in [-0.4, -0.2) is 48.4 Å². The third-order valence-electron chi connectivity index (χ3n) is 6.83. The first-order chi connectivity index (χ1) is 15.8. The normalized spacial score (nSPS) is 22.6. The summed E-state index contributed by atoms with van der Waals surface area (Å²) in [6, 6.07) is 4.44. The summed E-state index contributed by atoms with van der Waals surface area (Å²) in [4.78, 5) is 8.09. The van der Waals surface area contributed by atoms with Crippen molar-refractivity contribution < 1.29 is 13.5 Å². The summed E-state index contributed by atoms with van der Waals surface area (Å²) in [5.41, 5.74) is 1.42. The number of methoxy groups -OCH3 is 1. The third kappa shape index (κ3) is 6.38. The molecule has 4 rings (SSSR count). The van der Waals surface area contributed by atoms with Gasteiger partial charge in [0.15, 0.2) is 0 Å². The first-order valence-corrected chi connectivity index (χ1v) is 11.9. The summed E-state index contributed by atoms with van der Waals surface area (Å²) in [7, 11) is 1.72. The second kappa shape index (κ2) is 10.3. The minimum atomic E-state index is -0.569. The maximum Gasteiger partial charge on any atom is 0.236 e. The van der Waals surface area contributed by atoms with Gasteiger partial charge < -0.3 is 20.7 Å². The molecular formula is C25H35F2N5O. The summed E-state index contributed by atoms with van der Waals surface area (Å²) in [6.07, 6.45) is 9.01. The fourth-order valence-electron chi connectivity index (χ4n) is 4.47. The van der Waals surface area contributed by atoms with E-state index in [-0.39, 0.29) is 11.5 Å². The molecule has 0 bridgehead atoms. The van der Waals surface area contributed by atoms with Crippen LogP contribution in [0.15, 0.2) is 24.5 Å². The van der Waals surface area contributed by atoms with Gasteiger partial charge in [-0.15, -0.1) is 0 Å². The van der Waals surface area contributed by atoms with Crippen LogP contribution in [0.5, 0.6) is 0 Å². The molecule has 0 amide bonds. The Labute approximate surface area is 194 Å². The standard InChI is InChI=1S/C25H35F2N5O/c1-16(14-33-3)31-18-4-6-19(7-5-18)32-23-11-20(21(26)13-28-23)17-10-22(24(27)29-12-17)30-15-25(2)8-9-25/h10-13,16,18-19,30-31H,4-9,14-15H2,1-3H3,(H,28,32)/t16-,18-,19-/m0/s1. The number of nitrogens with one attached hydrogen (secondary N) is 3. The Morgan fingerprint density at radius 1 is 1.09 bits per heavy atom. The van der Waals surface area contributed by atoms with E-state index < -0.39 is 11.8 Å². The quantitative estimate of drug-likeness (QED) is 0.435. The number of aromatic nitrogens is 2. The molecule has 2 aromatic rings. The van der Waals surface area contributed by atoms with Crippen LogP contribution in [-0.2, 0) is 4.74 Å². The number of rotatable bonds is 10. The molecular weight excluding hydrogens is 424 g/mol. The Bertz CT molecular complexity index is 944. The predicted molar refractivity (Wildman–Crippen MR) is 127 cm³/mol. The zero-order valence-corrected chi connectivity index (χ0v) is 19.8. The zero-order chi connectivity index (χ0) is 23.4. The van der Waals surface area contributed by atoms with Crippen LogP contribution in [0, 0.1) is 17.2 Å². The highest BCUT2D eigenvalue weighted by Crippen LogP contribution is 2.45. The number of nitrogens with zero attached hydrogens (tertiary/aromatic N) is 2. The van der Waals surface area contributed by atoms with Crippen molar-refractivity contribution in [2.45, 2.75) is 70.5 Å². The van der Waals surface area contributed by atoms with E-state index in [0.29, 0.717) is 47.9 Å². The lowest BCUT2D eigenvalue weighted by atomic mass is 9.90. The minimum absolute atomic E-state index is 0.220. The topological polar surface area (TPSA) is 71.1 Å². The number of halogens is 2. The van der Waals surface area contributed by atoms with Crippen molar-refractivity contribution in [1.82, 2.24) is 15.3 Å². The molecule has 33 heavy (non-hydrogen) atoms. The molecule has 0 unspecified atom stereocenters. The van der Waals surface area contributed by atoms with E-state index in [9.17, 15) is 8.78 Å². The summed E-state index contributed by atoms with van der Waals surface area (Å²) >= 11 is 0. The number of anilines is 2. The molecule has 2 heterocycles. The molecule has 0 saturated heterocycles. The highest BCUT2D eigenvalue weighted by molar-refractivity contribution is 5.69. The van der Waals surface area contributed by atoms with Gasteiger partial charge in [0.1, 0.15) is 11.6 Å². The first-order valence-electron chi connectivity index (χ1n) is 11.9. The van der Waals surface area contributed by atoms with Crippen LogP contribution < -0.4 is 16.0 Å². The van der Waals surface area contributed by atoms with Crippen LogP contribution in [0.1, 0.15) is 52.4 Å². The van der Waals surface area contributed by atoms with Crippen molar-refractivity contribution in [3.8, 4) is 11.1 Å². The van der Waals surface area contributed by atoms with Gasteiger partial charge in [-0.25, -0.2) is 14.4 Å². The molecule has 2 fully saturated rings. The molecule has 8 heteroatoms. The molecule has 0 aromatic carbocycles. The highest BCUT2D eigenvalue weighted by atomic mass is 19.1. The van der Waals surface area contributed by atoms with Gasteiger partial charge in [-0.3, -0.25) is 0 Å². The molecule has 2 saturated carbocycles. The van der Waals surface area contributed by atoms with E-state index in [0.717, 1.165) is 38.5 Å². The maximum absolute atomic E-state index is 14.6. The molecule has 2 aliphatic rings. The van der Waals surface area contributed by atoms with E-state index >= 15 is 0 Å². The molecule has 0 radical (unpaired) electrons. The first kappa shape index (κ1) is 23.8. The van der Waals surface area contributed by atoms with Crippen LogP contribution in [0.25, 0.3) is 11.1 Å². The fourth-order valence-corrected chi connectivity index (χ4v) is 4.47. The zero-order valence-electron chi connectivity index (χ0n) is 19.8. The number of hydrogen-bond donors (Lipinski definition) is 3. The van der Waals surface area contributed by atoms with Crippen LogP contribution in [0.2, 0.25) is 0 Å². The second-order valence-electron chi connectivity index (χ2n) is 9.99. The number of hydrogen-bond acceptors (Lipinski definition) is 6. The van der Waals surface area contributed by atoms with E-state index in [2.05, 4.69) is 39.8 Å². The molecule has 1 atom stereocenters. The van der Waals surface area contributed by atoms with Gasteiger partial charge in [0.05, 0.1) is 18.5 Å². The molecule has 2 aliphatic carbocycles. The molecule has 6 nitrogen and oxygen atoms in total. The average Bonchev–Trinajstić information content (AvgIpc) is 3.53. The van der Waals surface area contributed by atoms with Crippen molar-refractivity contribution in [2.24, 2.45) is 5.41 Å². The highest BCUT2D eigenvalue weighted by Gasteiger charge is 2.37. The van der Waals surface area contributed by atoms with Gasteiger partial charge in [0.25, 0.3) is 0 Å². The molecule has 3 N–H and O–H groups in total. The van der Waals surface area contributed by atoms with Gasteiger partial charge in [0.2, 0.25) is 5.95 Å². The SMILES string of the molecule is COC[C@H](C)N[C@H]1CC[C@H](Nc2cc(-c3cnc(F)c(NCC4(C)CC4)c3)c(F)cn2)CC1. The second-order valence-corrected chi connectivity index (χ2v) is 9.99. The Kier molecular flexibility index (Phi) is 7.44. The van der Waals surface area contributed by atoms with Gasteiger partial charge in [0, 0.05) is 49.1 Å². The van der Waals surface area contributed by atoms with Crippen LogP contribution in [0.3, 0.4) is 0 Å². The van der Waals surface area contributed by atoms with E-state index in [4.69, 9.17) is 4.74 Å². The third-order valence-corrected chi connectivity index (χ3v) is 6.83. The van der Waals surface area contributed by atoms with Gasteiger partial charge >= 0.3 is 0 Å². The average molecular weight is 460 g/mol. The van der Waals surface area contributed by atoms with E-state index in [1.807, 2.05) is 0 Å². The van der Waals surface area contributed by atoms with Gasteiger partial charge in [-0.1, -0.05) is 6.92 Å². The number of ether oxygens (including phenoxy) is 1. The van der Waals surface area contributed by atoms with Crippen LogP contribution in [0.4, 0.5) is 20.3 Å². The van der Waals surface area contributed by atoms with E-state index in [1.54, 1.807) is 19.2 Å². The van der Waals surface area contributed by atoms with Crippen LogP contribution >= 0.6 is 0 Å². The molecule has 180 valence electrons. The van der Waals surface area contributed by atoms with Crippen molar-refractivity contribution in [1.29, 1.82) is 0 Å². The predicted octanol–water partition coefficient (Wildman–Crippen LogP) is 4.98. The molecule has 0 spiro atoms. The smallest absolute Gasteiger partial charge is 0.236 e. The van der Waals surface area contributed by atoms with E-state index in [1.165, 1.54) is 12.4 Å². The summed E-state index contributed by atoms with van der Waals surface area (Å²) in [5, 5.41) is 10.2. The van der Waals surface area contributed by atoms with Crippen molar-refractivity contribution >= 4 is 11.5 Å². The Hall–Kier alpha value is -2.32. The monoisotopic (exact) mass is 459 g/mol.